The number of nitrogens with one attached hydrogen (secondary N) is 2. The van der Waals surface area contributed by atoms with Crippen LogP contribution in [-0.4, -0.2) is 32.3 Å². The van der Waals surface area contributed by atoms with E-state index in [1.165, 1.54) is 0 Å². The van der Waals surface area contributed by atoms with Crippen LogP contribution in [0.5, 0.6) is 0 Å². The zero-order valence-electron chi connectivity index (χ0n) is 7.80. The van der Waals surface area contributed by atoms with E-state index in [0.29, 0.717) is 19.8 Å². The number of hydrogen-bond donors (Lipinski definition) is 2. The van der Waals surface area contributed by atoms with Crippen molar-refractivity contribution in [3.8, 4) is 6.07 Å². The third-order valence-corrected chi connectivity index (χ3v) is 1.28. The fourth-order valence-electron chi connectivity index (χ4n) is 0.703. The van der Waals surface area contributed by atoms with Gasteiger partial charge in [-0.25, -0.2) is 4.79 Å². The summed E-state index contributed by atoms with van der Waals surface area (Å²) in [5.41, 5.74) is 0. The van der Waals surface area contributed by atoms with Crippen molar-refractivity contribution in [3.05, 3.63) is 0 Å². The molecule has 74 valence electrons. The highest BCUT2D eigenvalue weighted by Gasteiger charge is 1.96. The molecule has 2 N–H and O–H groups in total. The van der Waals surface area contributed by atoms with Crippen molar-refractivity contribution in [2.24, 2.45) is 0 Å². The highest BCUT2D eigenvalue weighted by Crippen LogP contribution is 1.79. The van der Waals surface area contributed by atoms with E-state index < -0.39 is 0 Å². The minimum absolute atomic E-state index is 0.0390. The molecular weight excluding hydrogens is 170 g/mol. The van der Waals surface area contributed by atoms with Crippen LogP contribution in [-0.2, 0) is 4.74 Å². The van der Waals surface area contributed by atoms with E-state index in [0.717, 1.165) is 6.42 Å². The Kier molecular flexibility index (Phi) is 7.95. The van der Waals surface area contributed by atoms with Crippen molar-refractivity contribution in [3.63, 3.8) is 0 Å². The number of urea groups is 1. The van der Waals surface area contributed by atoms with Gasteiger partial charge in [0.15, 0.2) is 0 Å². The zero-order valence-corrected chi connectivity index (χ0v) is 7.80. The Balaban J connectivity index is 3.13. The number of nitriles is 1. The maximum atomic E-state index is 10.8. The molecule has 0 saturated heterocycles. The molecule has 0 aliphatic rings. The molecule has 0 aromatic heterocycles. The van der Waals surface area contributed by atoms with E-state index in [4.69, 9.17) is 10.00 Å². The van der Waals surface area contributed by atoms with E-state index in [1.54, 1.807) is 0 Å². The number of hydrogen-bond acceptors (Lipinski definition) is 3. The molecule has 0 radical (unpaired) electrons. The Labute approximate surface area is 78.1 Å². The van der Waals surface area contributed by atoms with Crippen LogP contribution in [0.15, 0.2) is 0 Å². The van der Waals surface area contributed by atoms with E-state index in [9.17, 15) is 4.79 Å². The van der Waals surface area contributed by atoms with Gasteiger partial charge in [0.05, 0.1) is 6.07 Å². The molecule has 0 aliphatic heterocycles. The van der Waals surface area contributed by atoms with Gasteiger partial charge in [-0.05, 0) is 13.3 Å². The summed E-state index contributed by atoms with van der Waals surface area (Å²) in [5.74, 6) is 0. The molecule has 13 heavy (non-hydrogen) atoms. The first-order chi connectivity index (χ1) is 6.31. The van der Waals surface area contributed by atoms with Gasteiger partial charge in [-0.3, -0.25) is 0 Å². The zero-order chi connectivity index (χ0) is 9.94. The van der Waals surface area contributed by atoms with E-state index in [2.05, 4.69) is 10.6 Å². The second kappa shape index (κ2) is 8.81. The van der Waals surface area contributed by atoms with Crippen LogP contribution in [0.2, 0.25) is 0 Å². The molecule has 0 spiro atoms. The quantitative estimate of drug-likeness (QED) is 0.459. The number of carbonyl (C=O) groups excluding carboxylic acids is 1. The Hall–Kier alpha value is -1.28. The maximum Gasteiger partial charge on any atom is 0.315 e. The van der Waals surface area contributed by atoms with Gasteiger partial charge in [0.25, 0.3) is 0 Å². The Morgan fingerprint density at radius 1 is 1.54 bits per heavy atom. The van der Waals surface area contributed by atoms with E-state index >= 15 is 0 Å². The van der Waals surface area contributed by atoms with E-state index in [-0.39, 0.29) is 12.6 Å². The van der Waals surface area contributed by atoms with Crippen molar-refractivity contribution in [2.75, 3.05) is 26.3 Å². The van der Waals surface area contributed by atoms with Crippen molar-refractivity contribution in [1.82, 2.24) is 10.6 Å². The van der Waals surface area contributed by atoms with Gasteiger partial charge in [-0.2, -0.15) is 5.26 Å². The first-order valence-corrected chi connectivity index (χ1v) is 4.27. The molecule has 5 nitrogen and oxygen atoms in total. The van der Waals surface area contributed by atoms with Crippen LogP contribution in [0.25, 0.3) is 0 Å². The number of ether oxygens (including phenoxy) is 1. The predicted octanol–water partition coefficient (Wildman–Crippen LogP) is 0.236. The van der Waals surface area contributed by atoms with Crippen LogP contribution in [0.3, 0.4) is 0 Å². The summed E-state index contributed by atoms with van der Waals surface area (Å²) in [4.78, 5) is 10.8. The first kappa shape index (κ1) is 11.7. The van der Waals surface area contributed by atoms with Crippen LogP contribution in [0.4, 0.5) is 4.79 Å². The largest absolute Gasteiger partial charge is 0.382 e. The molecule has 0 atom stereocenters. The molecule has 0 fully saturated rings. The van der Waals surface area contributed by atoms with Gasteiger partial charge in [0.1, 0.15) is 6.54 Å². The molecule has 0 aromatic rings. The van der Waals surface area contributed by atoms with Gasteiger partial charge in [0.2, 0.25) is 0 Å². The minimum atomic E-state index is -0.307. The summed E-state index contributed by atoms with van der Waals surface area (Å²) in [6, 6.07) is 1.51. The highest BCUT2D eigenvalue weighted by molar-refractivity contribution is 5.73. The van der Waals surface area contributed by atoms with Gasteiger partial charge in [-0.1, -0.05) is 0 Å². The SMILES string of the molecule is CCOCCCNC(=O)NCC#N. The number of rotatable bonds is 6. The molecule has 0 unspecified atom stereocenters. The van der Waals surface area contributed by atoms with Crippen molar-refractivity contribution in [2.45, 2.75) is 13.3 Å². The average Bonchev–Trinajstić information content (AvgIpc) is 2.14. The van der Waals surface area contributed by atoms with Crippen LogP contribution < -0.4 is 10.6 Å². The molecule has 0 rings (SSSR count). The lowest BCUT2D eigenvalue weighted by Gasteiger charge is -2.04. The number of nitrogens with zero attached hydrogens (tertiary/aromatic N) is 1. The third-order valence-electron chi connectivity index (χ3n) is 1.28. The Morgan fingerprint density at radius 2 is 2.31 bits per heavy atom. The molecule has 0 saturated carbocycles. The molecular formula is C8H15N3O2. The molecule has 0 heterocycles. The van der Waals surface area contributed by atoms with Crippen LogP contribution >= 0.6 is 0 Å². The lowest BCUT2D eigenvalue weighted by molar-refractivity contribution is 0.145. The Bertz CT molecular complexity index is 177. The fourth-order valence-corrected chi connectivity index (χ4v) is 0.703. The second-order valence-electron chi connectivity index (χ2n) is 2.32. The Morgan fingerprint density at radius 3 is 2.92 bits per heavy atom. The molecule has 0 aromatic carbocycles. The fraction of sp³-hybridized carbons (Fsp3) is 0.750. The minimum Gasteiger partial charge on any atom is -0.382 e. The number of amides is 2. The van der Waals surface area contributed by atoms with Gasteiger partial charge >= 0.3 is 6.03 Å². The molecule has 5 heteroatoms. The summed E-state index contributed by atoms with van der Waals surface area (Å²) in [6.45, 7) is 3.87. The third kappa shape index (κ3) is 8.63. The van der Waals surface area contributed by atoms with Crippen molar-refractivity contribution >= 4 is 6.03 Å². The monoisotopic (exact) mass is 185 g/mol. The van der Waals surface area contributed by atoms with Gasteiger partial charge in [0, 0.05) is 19.8 Å². The normalized spacial score (nSPS) is 8.92. The van der Waals surface area contributed by atoms with E-state index in [1.807, 2.05) is 13.0 Å². The highest BCUT2D eigenvalue weighted by atomic mass is 16.5. The second-order valence-corrected chi connectivity index (χ2v) is 2.32. The molecule has 0 bridgehead atoms. The van der Waals surface area contributed by atoms with Crippen molar-refractivity contribution < 1.29 is 9.53 Å². The smallest absolute Gasteiger partial charge is 0.315 e. The molecule has 2 amide bonds. The van der Waals surface area contributed by atoms with Gasteiger partial charge in [-0.15, -0.1) is 0 Å². The standard InChI is InChI=1S/C8H15N3O2/c1-2-13-7-3-5-10-8(12)11-6-4-9/h2-3,5-7H2,1H3,(H2,10,11,12). The number of carbonyl (C=O) groups is 1. The topological polar surface area (TPSA) is 74.2 Å². The maximum absolute atomic E-state index is 10.8. The first-order valence-electron chi connectivity index (χ1n) is 4.27. The summed E-state index contributed by atoms with van der Waals surface area (Å²) in [7, 11) is 0. The average molecular weight is 185 g/mol. The summed E-state index contributed by atoms with van der Waals surface area (Å²) in [6.07, 6.45) is 0.786. The lowest BCUT2D eigenvalue weighted by atomic mass is 10.4. The predicted molar refractivity (Wildman–Crippen MR) is 48.1 cm³/mol. The van der Waals surface area contributed by atoms with Gasteiger partial charge < -0.3 is 15.4 Å². The molecule has 0 aliphatic carbocycles. The summed E-state index contributed by atoms with van der Waals surface area (Å²) < 4.78 is 5.07. The van der Waals surface area contributed by atoms with Crippen molar-refractivity contribution in [1.29, 1.82) is 5.26 Å². The van der Waals surface area contributed by atoms with Crippen LogP contribution in [0, 0.1) is 11.3 Å². The summed E-state index contributed by atoms with van der Waals surface area (Å²) >= 11 is 0. The summed E-state index contributed by atoms with van der Waals surface area (Å²) in [5, 5.41) is 13.1. The lowest BCUT2D eigenvalue weighted by Crippen LogP contribution is -2.36. The van der Waals surface area contributed by atoms with Crippen LogP contribution in [0.1, 0.15) is 13.3 Å².